The molecule has 3 rings (SSSR count). The number of aromatic nitrogens is 2. The first-order valence-electron chi connectivity index (χ1n) is 9.06. The number of thioether (sulfide) groups is 1. The lowest BCUT2D eigenvalue weighted by Gasteiger charge is -2.31. The van der Waals surface area contributed by atoms with Crippen molar-refractivity contribution in [3.63, 3.8) is 0 Å². The number of nitrogens with zero attached hydrogens (tertiary/aromatic N) is 3. The Bertz CT molecular complexity index is 860. The number of likely N-dealkylation sites (tertiary alicyclic amines) is 1. The molecule has 2 aromatic rings. The molecular weight excluding hydrogens is 416 g/mol. The molecule has 1 aromatic carbocycles. The lowest BCUT2D eigenvalue weighted by atomic mass is 10.1. The van der Waals surface area contributed by atoms with Crippen molar-refractivity contribution in [2.45, 2.75) is 30.1 Å². The topological polar surface area (TPSA) is 76.5 Å². The van der Waals surface area contributed by atoms with Crippen LogP contribution in [-0.2, 0) is 9.53 Å². The Morgan fingerprint density at radius 2 is 2.04 bits per heavy atom. The highest BCUT2D eigenvalue weighted by Gasteiger charge is 2.24. The van der Waals surface area contributed by atoms with Gasteiger partial charge < -0.3 is 15.0 Å². The molecule has 0 unspecified atom stereocenters. The molecule has 0 aliphatic carbocycles. The van der Waals surface area contributed by atoms with E-state index >= 15 is 0 Å². The highest BCUT2D eigenvalue weighted by molar-refractivity contribution is 8.01. The summed E-state index contributed by atoms with van der Waals surface area (Å²) in [6.07, 6.45) is 1.19. The number of piperidine rings is 1. The summed E-state index contributed by atoms with van der Waals surface area (Å²) < 4.78 is 8.14. The second-order valence-electron chi connectivity index (χ2n) is 6.20. The van der Waals surface area contributed by atoms with E-state index in [2.05, 4.69) is 10.4 Å². The average Bonchev–Trinajstić information content (AvgIpc) is 3.08. The van der Waals surface area contributed by atoms with Gasteiger partial charge in [0.05, 0.1) is 18.0 Å². The van der Waals surface area contributed by atoms with Crippen molar-refractivity contribution in [3.05, 3.63) is 34.3 Å². The summed E-state index contributed by atoms with van der Waals surface area (Å²) >= 11 is 8.16. The maximum absolute atomic E-state index is 12.3. The minimum atomic E-state index is -0.280. The van der Waals surface area contributed by atoms with Crippen LogP contribution in [0.25, 0.3) is 5.69 Å². The fraction of sp³-hybridized carbons (Fsp3) is 0.444. The smallest absolute Gasteiger partial charge is 0.409 e. The van der Waals surface area contributed by atoms with Gasteiger partial charge in [-0.05, 0) is 44.1 Å². The summed E-state index contributed by atoms with van der Waals surface area (Å²) in [6.45, 7) is 3.36. The zero-order chi connectivity index (χ0) is 19.9. The van der Waals surface area contributed by atoms with Crippen LogP contribution in [0.5, 0.6) is 0 Å². The van der Waals surface area contributed by atoms with Gasteiger partial charge in [0.25, 0.3) is 0 Å². The quantitative estimate of drug-likeness (QED) is 0.550. The molecule has 0 radical (unpaired) electrons. The van der Waals surface area contributed by atoms with Crippen molar-refractivity contribution in [1.29, 1.82) is 0 Å². The molecular formula is C18H22N4O3S3. The predicted molar refractivity (Wildman–Crippen MR) is 113 cm³/mol. The minimum absolute atomic E-state index is 0.0352. The molecule has 1 fully saturated rings. The Hall–Kier alpha value is -1.91. The van der Waals surface area contributed by atoms with Crippen LogP contribution in [0.15, 0.2) is 34.7 Å². The second-order valence-corrected chi connectivity index (χ2v) is 9.04. The van der Waals surface area contributed by atoms with Crippen molar-refractivity contribution in [2.75, 3.05) is 25.4 Å². The van der Waals surface area contributed by atoms with Crippen LogP contribution < -0.4 is 5.32 Å². The second kappa shape index (κ2) is 10.0. The van der Waals surface area contributed by atoms with Gasteiger partial charge in [0.1, 0.15) is 0 Å². The fourth-order valence-corrected chi connectivity index (χ4v) is 5.04. The van der Waals surface area contributed by atoms with Crippen LogP contribution in [0.3, 0.4) is 0 Å². The number of ether oxygens (including phenoxy) is 1. The number of nitrogens with one attached hydrogen (secondary N) is 1. The number of carbonyl (C=O) groups is 2. The number of rotatable bonds is 6. The number of hydrogen-bond acceptors (Lipinski definition) is 7. The van der Waals surface area contributed by atoms with Gasteiger partial charge in [-0.15, -0.1) is 5.10 Å². The summed E-state index contributed by atoms with van der Waals surface area (Å²) in [5, 5.41) is 7.54. The third-order valence-electron chi connectivity index (χ3n) is 4.24. The molecule has 1 aliphatic rings. The minimum Gasteiger partial charge on any atom is -0.450 e. The standard InChI is InChI=1S/C18H22N4O3S3/c1-2-25-17(24)21-10-8-13(9-11-21)19-15(23)12-27-16-20-22(18(26)28-16)14-6-4-3-5-7-14/h3-7,13H,2,8-12H2,1H3,(H,19,23). The van der Waals surface area contributed by atoms with Crippen molar-refractivity contribution in [3.8, 4) is 5.69 Å². The van der Waals surface area contributed by atoms with Crippen molar-refractivity contribution in [2.24, 2.45) is 0 Å². The van der Waals surface area contributed by atoms with Gasteiger partial charge in [-0.2, -0.15) is 0 Å². The van der Waals surface area contributed by atoms with Gasteiger partial charge >= 0.3 is 6.09 Å². The van der Waals surface area contributed by atoms with Crippen LogP contribution in [0.1, 0.15) is 19.8 Å². The molecule has 10 heteroatoms. The predicted octanol–water partition coefficient (Wildman–Crippen LogP) is 3.49. The van der Waals surface area contributed by atoms with Crippen molar-refractivity contribution < 1.29 is 14.3 Å². The van der Waals surface area contributed by atoms with Crippen LogP contribution in [-0.4, -0.2) is 58.2 Å². The number of amides is 2. The molecule has 0 saturated carbocycles. The van der Waals surface area contributed by atoms with Crippen molar-refractivity contribution >= 4 is 47.3 Å². The van der Waals surface area contributed by atoms with E-state index in [9.17, 15) is 9.59 Å². The first-order valence-corrected chi connectivity index (χ1v) is 11.3. The average molecular weight is 439 g/mol. The van der Waals surface area contributed by atoms with Crippen molar-refractivity contribution in [1.82, 2.24) is 20.0 Å². The first kappa shape index (κ1) is 20.8. The highest BCUT2D eigenvalue weighted by atomic mass is 32.2. The van der Waals surface area contributed by atoms with E-state index in [4.69, 9.17) is 17.0 Å². The van der Waals surface area contributed by atoms with Gasteiger partial charge in [0, 0.05) is 19.1 Å². The van der Waals surface area contributed by atoms with Gasteiger partial charge in [0.15, 0.2) is 8.29 Å². The summed E-state index contributed by atoms with van der Waals surface area (Å²) in [4.78, 5) is 25.7. The summed E-state index contributed by atoms with van der Waals surface area (Å²) in [6, 6.07) is 9.78. The van der Waals surface area contributed by atoms with E-state index in [1.807, 2.05) is 30.3 Å². The molecule has 0 spiro atoms. The largest absolute Gasteiger partial charge is 0.450 e. The zero-order valence-corrected chi connectivity index (χ0v) is 17.9. The van der Waals surface area contributed by atoms with Crippen LogP contribution in [0.2, 0.25) is 0 Å². The highest BCUT2D eigenvalue weighted by Crippen LogP contribution is 2.24. The van der Waals surface area contributed by atoms with Gasteiger partial charge in [-0.25, -0.2) is 9.48 Å². The number of hydrogen-bond donors (Lipinski definition) is 1. The van der Waals surface area contributed by atoms with Crippen LogP contribution in [0, 0.1) is 3.95 Å². The summed E-state index contributed by atoms with van der Waals surface area (Å²) in [7, 11) is 0. The van der Waals surface area contributed by atoms with Gasteiger partial charge in [0.2, 0.25) is 5.91 Å². The Balaban J connectivity index is 1.45. The lowest BCUT2D eigenvalue weighted by Crippen LogP contribution is -2.47. The zero-order valence-electron chi connectivity index (χ0n) is 15.5. The Labute approximate surface area is 177 Å². The number of benzene rings is 1. The Morgan fingerprint density at radius 3 is 2.71 bits per heavy atom. The number of para-hydroxylation sites is 1. The fourth-order valence-electron chi connectivity index (χ4n) is 2.87. The molecule has 2 heterocycles. The molecule has 0 bridgehead atoms. The Morgan fingerprint density at radius 1 is 1.32 bits per heavy atom. The van der Waals surface area contributed by atoms with E-state index in [-0.39, 0.29) is 23.8 Å². The normalized spacial score (nSPS) is 14.7. The number of carbonyl (C=O) groups excluding carboxylic acids is 2. The van der Waals surface area contributed by atoms with E-state index in [1.54, 1.807) is 16.5 Å². The van der Waals surface area contributed by atoms with E-state index in [1.165, 1.54) is 23.1 Å². The van der Waals surface area contributed by atoms with Gasteiger partial charge in [-0.3, -0.25) is 4.79 Å². The molecule has 28 heavy (non-hydrogen) atoms. The monoisotopic (exact) mass is 438 g/mol. The summed E-state index contributed by atoms with van der Waals surface area (Å²) in [5.74, 6) is 0.252. The SMILES string of the molecule is CCOC(=O)N1CCC(NC(=O)CSc2nn(-c3ccccc3)c(=S)s2)CC1. The molecule has 150 valence electrons. The van der Waals surface area contributed by atoms with Crippen LogP contribution in [0.4, 0.5) is 4.79 Å². The maximum atomic E-state index is 12.3. The lowest BCUT2D eigenvalue weighted by molar-refractivity contribution is -0.119. The molecule has 2 amide bonds. The molecule has 1 N–H and O–H groups in total. The van der Waals surface area contributed by atoms with E-state index in [0.29, 0.717) is 23.7 Å². The molecule has 0 atom stereocenters. The van der Waals surface area contributed by atoms with E-state index in [0.717, 1.165) is 22.9 Å². The molecule has 1 saturated heterocycles. The van der Waals surface area contributed by atoms with Crippen LogP contribution >= 0.6 is 35.3 Å². The first-order chi connectivity index (χ1) is 13.6. The Kier molecular flexibility index (Phi) is 7.46. The molecule has 1 aliphatic heterocycles. The maximum Gasteiger partial charge on any atom is 0.409 e. The molecule has 7 nitrogen and oxygen atoms in total. The summed E-state index contributed by atoms with van der Waals surface area (Å²) in [5.41, 5.74) is 0.911. The van der Waals surface area contributed by atoms with Gasteiger partial charge in [-0.1, -0.05) is 41.3 Å². The molecule has 1 aromatic heterocycles. The third kappa shape index (κ3) is 5.55. The van der Waals surface area contributed by atoms with E-state index < -0.39 is 0 Å². The third-order valence-corrected chi connectivity index (χ3v) is 6.61.